The number of thiazole rings is 1. The number of halogens is 2. The second kappa shape index (κ2) is 6.98. The first-order chi connectivity index (χ1) is 12.0. The van der Waals surface area contributed by atoms with Crippen molar-refractivity contribution in [1.29, 1.82) is 0 Å². The molecule has 0 aliphatic heterocycles. The Morgan fingerprint density at radius 1 is 1.36 bits per heavy atom. The number of aromatic nitrogens is 1. The molecular weight excluding hydrogens is 346 g/mol. The third kappa shape index (κ3) is 3.23. The fourth-order valence-electron chi connectivity index (χ4n) is 2.48. The predicted octanol–water partition coefficient (Wildman–Crippen LogP) is 3.92. The van der Waals surface area contributed by atoms with Gasteiger partial charge in [0, 0.05) is 12.6 Å². The first-order valence-corrected chi connectivity index (χ1v) is 8.18. The van der Waals surface area contributed by atoms with Crippen LogP contribution in [0, 0.1) is 11.6 Å². The van der Waals surface area contributed by atoms with Gasteiger partial charge in [-0.25, -0.2) is 8.78 Å². The molecule has 2 aromatic carbocycles. The van der Waals surface area contributed by atoms with Gasteiger partial charge in [0.25, 0.3) is 5.91 Å². The molecule has 0 fully saturated rings. The Labute approximate surface area is 146 Å². The van der Waals surface area contributed by atoms with Crippen molar-refractivity contribution in [2.75, 3.05) is 7.11 Å². The number of benzene rings is 2. The molecule has 0 spiro atoms. The minimum atomic E-state index is -0.709. The summed E-state index contributed by atoms with van der Waals surface area (Å²) in [7, 11) is 1.46. The molecule has 0 N–H and O–H groups in total. The van der Waals surface area contributed by atoms with Crippen molar-refractivity contribution in [2.45, 2.75) is 6.54 Å². The van der Waals surface area contributed by atoms with Gasteiger partial charge in [0.05, 0.1) is 22.9 Å². The van der Waals surface area contributed by atoms with E-state index < -0.39 is 17.5 Å². The molecule has 0 aliphatic carbocycles. The van der Waals surface area contributed by atoms with Gasteiger partial charge < -0.3 is 9.30 Å². The van der Waals surface area contributed by atoms with Crippen LogP contribution in [0.2, 0.25) is 0 Å². The van der Waals surface area contributed by atoms with Crippen LogP contribution in [0.1, 0.15) is 10.4 Å². The summed E-state index contributed by atoms with van der Waals surface area (Å²) in [6.45, 7) is 3.87. The van der Waals surface area contributed by atoms with E-state index in [2.05, 4.69) is 11.6 Å². The number of rotatable bonds is 4. The second-order valence-corrected chi connectivity index (χ2v) is 6.14. The summed E-state index contributed by atoms with van der Waals surface area (Å²) < 4.78 is 34.7. The highest BCUT2D eigenvalue weighted by Crippen LogP contribution is 2.23. The van der Waals surface area contributed by atoms with Crippen LogP contribution in [0.3, 0.4) is 0 Å². The summed E-state index contributed by atoms with van der Waals surface area (Å²) >= 11 is 1.04. The summed E-state index contributed by atoms with van der Waals surface area (Å²) in [5.74, 6) is -1.52. The van der Waals surface area contributed by atoms with E-state index in [1.165, 1.54) is 17.7 Å². The predicted molar refractivity (Wildman–Crippen MR) is 92.8 cm³/mol. The van der Waals surface area contributed by atoms with E-state index in [0.717, 1.165) is 17.4 Å². The normalized spacial score (nSPS) is 11.7. The first kappa shape index (κ1) is 17.0. The molecule has 1 heterocycles. The monoisotopic (exact) mass is 360 g/mol. The number of allylic oxidation sites excluding steroid dienone is 1. The topological polar surface area (TPSA) is 43.6 Å². The molecule has 3 aromatic rings. The van der Waals surface area contributed by atoms with Crippen LogP contribution in [0.15, 0.2) is 54.0 Å². The lowest BCUT2D eigenvalue weighted by Crippen LogP contribution is -2.17. The van der Waals surface area contributed by atoms with E-state index in [4.69, 9.17) is 4.74 Å². The molecule has 25 heavy (non-hydrogen) atoms. The number of hydrogen-bond donors (Lipinski definition) is 0. The summed E-state index contributed by atoms with van der Waals surface area (Å²) in [5, 5.41) is 0. The SMILES string of the molecule is C=CCn1c(=NC(=O)c2ccccc2OC)sc2cc(F)cc(F)c21. The smallest absolute Gasteiger partial charge is 0.283 e. The van der Waals surface area contributed by atoms with E-state index in [1.54, 1.807) is 30.3 Å². The maximum Gasteiger partial charge on any atom is 0.283 e. The number of ether oxygens (including phenoxy) is 1. The molecule has 0 atom stereocenters. The molecule has 128 valence electrons. The van der Waals surface area contributed by atoms with E-state index in [9.17, 15) is 13.6 Å². The Morgan fingerprint density at radius 3 is 2.84 bits per heavy atom. The maximum atomic E-state index is 14.2. The lowest BCUT2D eigenvalue weighted by atomic mass is 10.2. The van der Waals surface area contributed by atoms with Crippen LogP contribution in [-0.4, -0.2) is 17.6 Å². The summed E-state index contributed by atoms with van der Waals surface area (Å²) in [4.78, 5) is 16.9. The van der Waals surface area contributed by atoms with Gasteiger partial charge in [0.15, 0.2) is 10.6 Å². The molecule has 0 aliphatic rings. The van der Waals surface area contributed by atoms with Gasteiger partial charge >= 0.3 is 0 Å². The number of nitrogens with zero attached hydrogens (tertiary/aromatic N) is 2. The quantitative estimate of drug-likeness (QED) is 0.662. The zero-order valence-corrected chi connectivity index (χ0v) is 14.1. The molecule has 0 unspecified atom stereocenters. The third-order valence-corrected chi connectivity index (χ3v) is 4.57. The number of amides is 1. The Morgan fingerprint density at radius 2 is 2.12 bits per heavy atom. The van der Waals surface area contributed by atoms with Crippen molar-refractivity contribution in [3.8, 4) is 5.75 Å². The van der Waals surface area contributed by atoms with Crippen LogP contribution in [0.25, 0.3) is 10.2 Å². The van der Waals surface area contributed by atoms with Crippen LogP contribution in [-0.2, 0) is 6.54 Å². The molecule has 4 nitrogen and oxygen atoms in total. The van der Waals surface area contributed by atoms with Crippen LogP contribution < -0.4 is 9.54 Å². The van der Waals surface area contributed by atoms with Crippen LogP contribution in [0.4, 0.5) is 8.78 Å². The van der Waals surface area contributed by atoms with Gasteiger partial charge in [-0.2, -0.15) is 4.99 Å². The number of para-hydroxylation sites is 1. The zero-order valence-electron chi connectivity index (χ0n) is 13.3. The van der Waals surface area contributed by atoms with Crippen molar-refractivity contribution in [3.63, 3.8) is 0 Å². The number of hydrogen-bond acceptors (Lipinski definition) is 3. The minimum Gasteiger partial charge on any atom is -0.496 e. The number of fused-ring (bicyclic) bond motifs is 1. The standard InChI is InChI=1S/C18H14F2N2O2S/c1-3-8-22-16-13(20)9-11(19)10-15(16)25-18(22)21-17(23)12-6-4-5-7-14(12)24-2/h3-7,9-10H,1,8H2,2H3. The molecule has 0 saturated carbocycles. The Bertz CT molecular complexity index is 1040. The molecule has 0 saturated heterocycles. The summed E-state index contributed by atoms with van der Waals surface area (Å²) in [6.07, 6.45) is 1.56. The molecule has 0 radical (unpaired) electrons. The molecule has 1 amide bonds. The fourth-order valence-corrected chi connectivity index (χ4v) is 3.56. The van der Waals surface area contributed by atoms with Crippen molar-refractivity contribution in [1.82, 2.24) is 4.57 Å². The lowest BCUT2D eigenvalue weighted by Gasteiger charge is -2.04. The molecular formula is C18H14F2N2O2S. The summed E-state index contributed by atoms with van der Waals surface area (Å²) in [6, 6.07) is 8.71. The second-order valence-electron chi connectivity index (χ2n) is 5.14. The molecule has 7 heteroatoms. The average Bonchev–Trinajstić information content (AvgIpc) is 2.92. The van der Waals surface area contributed by atoms with Gasteiger partial charge in [-0.3, -0.25) is 4.79 Å². The van der Waals surface area contributed by atoms with Crippen LogP contribution in [0.5, 0.6) is 5.75 Å². The number of methoxy groups -OCH3 is 1. The fraction of sp³-hybridized carbons (Fsp3) is 0.111. The third-order valence-electron chi connectivity index (χ3n) is 3.54. The first-order valence-electron chi connectivity index (χ1n) is 7.36. The lowest BCUT2D eigenvalue weighted by molar-refractivity contribution is 0.0995. The average molecular weight is 360 g/mol. The van der Waals surface area contributed by atoms with Gasteiger partial charge in [0.2, 0.25) is 0 Å². The van der Waals surface area contributed by atoms with Gasteiger partial charge in [0.1, 0.15) is 11.6 Å². The minimum absolute atomic E-state index is 0.192. The highest BCUT2D eigenvalue weighted by molar-refractivity contribution is 7.16. The molecule has 0 bridgehead atoms. The van der Waals surface area contributed by atoms with E-state index in [1.807, 2.05) is 0 Å². The van der Waals surface area contributed by atoms with Crippen molar-refractivity contribution >= 4 is 27.5 Å². The van der Waals surface area contributed by atoms with E-state index in [0.29, 0.717) is 16.0 Å². The van der Waals surface area contributed by atoms with Crippen molar-refractivity contribution in [2.24, 2.45) is 4.99 Å². The molecule has 1 aromatic heterocycles. The Hall–Kier alpha value is -2.80. The molecule has 3 rings (SSSR count). The number of carbonyl (C=O) groups excluding carboxylic acids is 1. The summed E-state index contributed by atoms with van der Waals surface area (Å²) in [5.41, 5.74) is 0.483. The van der Waals surface area contributed by atoms with Gasteiger partial charge in [-0.05, 0) is 18.2 Å². The van der Waals surface area contributed by atoms with Crippen molar-refractivity contribution in [3.05, 3.63) is 71.1 Å². The van der Waals surface area contributed by atoms with Crippen LogP contribution >= 0.6 is 11.3 Å². The highest BCUT2D eigenvalue weighted by atomic mass is 32.1. The number of carbonyl (C=O) groups is 1. The Balaban J connectivity index is 2.22. The van der Waals surface area contributed by atoms with E-state index >= 15 is 0 Å². The maximum absolute atomic E-state index is 14.2. The largest absolute Gasteiger partial charge is 0.496 e. The zero-order chi connectivity index (χ0) is 18.0. The van der Waals surface area contributed by atoms with Gasteiger partial charge in [-0.15, -0.1) is 6.58 Å². The van der Waals surface area contributed by atoms with Crippen molar-refractivity contribution < 1.29 is 18.3 Å². The Kier molecular flexibility index (Phi) is 4.76. The van der Waals surface area contributed by atoms with Gasteiger partial charge in [-0.1, -0.05) is 29.5 Å². The van der Waals surface area contributed by atoms with E-state index in [-0.39, 0.29) is 16.9 Å². The highest BCUT2D eigenvalue weighted by Gasteiger charge is 2.15.